The molecular weight excluding hydrogens is 238 g/mol. The summed E-state index contributed by atoms with van der Waals surface area (Å²) in [6, 6.07) is 3.83. The summed E-state index contributed by atoms with van der Waals surface area (Å²) in [7, 11) is 4.14. The maximum Gasteiger partial charge on any atom is 0.126 e. The molecule has 1 heterocycles. The maximum atomic E-state index is 10.7. The Morgan fingerprint density at radius 1 is 1.37 bits per heavy atom. The predicted octanol–water partition coefficient (Wildman–Crippen LogP) is 1.83. The van der Waals surface area contributed by atoms with E-state index in [0.717, 1.165) is 18.4 Å². The Bertz CT molecular complexity index is 414. The van der Waals surface area contributed by atoms with Gasteiger partial charge in [0.2, 0.25) is 0 Å². The third-order valence-corrected chi connectivity index (χ3v) is 4.57. The molecule has 1 aromatic heterocycles. The molecule has 4 nitrogen and oxygen atoms in total. The van der Waals surface area contributed by atoms with Crippen LogP contribution in [0, 0.1) is 0 Å². The van der Waals surface area contributed by atoms with Crippen molar-refractivity contribution < 1.29 is 5.11 Å². The van der Waals surface area contributed by atoms with Crippen LogP contribution >= 0.6 is 0 Å². The zero-order valence-electron chi connectivity index (χ0n) is 12.0. The highest BCUT2D eigenvalue weighted by Gasteiger charge is 2.40. The van der Waals surface area contributed by atoms with E-state index in [2.05, 4.69) is 24.0 Å². The fraction of sp³-hybridized carbons (Fsp3) is 0.667. The summed E-state index contributed by atoms with van der Waals surface area (Å²) in [5, 5.41) is 10.7. The highest BCUT2D eigenvalue weighted by atomic mass is 16.3. The number of hydrogen-bond donors (Lipinski definition) is 2. The normalized spacial score (nSPS) is 20.4. The van der Waals surface area contributed by atoms with Crippen LogP contribution in [0.4, 0.5) is 5.82 Å². The molecule has 1 aromatic rings. The molecule has 0 aliphatic heterocycles. The highest BCUT2D eigenvalue weighted by molar-refractivity contribution is 5.39. The quantitative estimate of drug-likeness (QED) is 0.870. The molecule has 2 rings (SSSR count). The van der Waals surface area contributed by atoms with E-state index in [1.165, 1.54) is 19.3 Å². The molecule has 0 radical (unpaired) electrons. The van der Waals surface area contributed by atoms with Crippen molar-refractivity contribution in [2.75, 3.05) is 19.8 Å². The number of aliphatic hydroxyl groups is 1. The minimum absolute atomic E-state index is 0.111. The minimum Gasteiger partial charge on any atom is -0.391 e. The number of hydrogen-bond acceptors (Lipinski definition) is 4. The first-order valence-electron chi connectivity index (χ1n) is 7.11. The van der Waals surface area contributed by atoms with Crippen molar-refractivity contribution in [1.82, 2.24) is 9.88 Å². The van der Waals surface area contributed by atoms with Crippen molar-refractivity contribution in [2.45, 2.75) is 50.2 Å². The maximum absolute atomic E-state index is 10.7. The van der Waals surface area contributed by atoms with Crippen LogP contribution in [0.15, 0.2) is 18.3 Å². The second-order valence-electron chi connectivity index (χ2n) is 5.83. The smallest absolute Gasteiger partial charge is 0.126 e. The lowest BCUT2D eigenvalue weighted by Gasteiger charge is -2.46. The summed E-state index contributed by atoms with van der Waals surface area (Å²) in [6.07, 6.45) is 7.65. The van der Waals surface area contributed by atoms with Gasteiger partial charge in [-0.15, -0.1) is 0 Å². The van der Waals surface area contributed by atoms with Crippen molar-refractivity contribution in [3.63, 3.8) is 0 Å². The van der Waals surface area contributed by atoms with Gasteiger partial charge in [0.05, 0.1) is 6.10 Å². The fourth-order valence-corrected chi connectivity index (χ4v) is 3.26. The van der Waals surface area contributed by atoms with Crippen LogP contribution in [0.3, 0.4) is 0 Å². The summed E-state index contributed by atoms with van der Waals surface area (Å²) in [4.78, 5) is 6.30. The molecule has 1 aliphatic rings. The molecule has 4 heteroatoms. The molecule has 1 aliphatic carbocycles. The van der Waals surface area contributed by atoms with E-state index >= 15 is 0 Å². The summed E-state index contributed by atoms with van der Waals surface area (Å²) < 4.78 is 0. The molecule has 0 aromatic carbocycles. The number of rotatable bonds is 4. The van der Waals surface area contributed by atoms with Crippen LogP contribution in [0.5, 0.6) is 0 Å². The van der Waals surface area contributed by atoms with Gasteiger partial charge >= 0.3 is 0 Å². The molecule has 0 saturated heterocycles. The van der Waals surface area contributed by atoms with E-state index in [1.807, 2.05) is 12.1 Å². The van der Waals surface area contributed by atoms with Gasteiger partial charge in [-0.25, -0.2) is 4.98 Å². The molecule has 1 atom stereocenters. The average Bonchev–Trinajstić information content (AvgIpc) is 2.42. The molecule has 0 bridgehead atoms. The lowest BCUT2D eigenvalue weighted by atomic mass is 9.75. The summed E-state index contributed by atoms with van der Waals surface area (Å²) in [6.45, 7) is 0. The van der Waals surface area contributed by atoms with Crippen LogP contribution in [-0.4, -0.2) is 40.7 Å². The molecule has 19 heavy (non-hydrogen) atoms. The van der Waals surface area contributed by atoms with Gasteiger partial charge in [-0.2, -0.15) is 0 Å². The van der Waals surface area contributed by atoms with Crippen LogP contribution < -0.4 is 5.73 Å². The fourth-order valence-electron chi connectivity index (χ4n) is 3.26. The summed E-state index contributed by atoms with van der Waals surface area (Å²) in [5.74, 6) is 0.534. The van der Waals surface area contributed by atoms with Gasteiger partial charge in [-0.3, -0.25) is 0 Å². The number of nitrogens with two attached hydrogens (primary N) is 1. The van der Waals surface area contributed by atoms with Gasteiger partial charge in [0, 0.05) is 18.2 Å². The van der Waals surface area contributed by atoms with E-state index in [4.69, 9.17) is 5.73 Å². The number of likely N-dealkylation sites (N-methyl/N-ethyl adjacent to an activating group) is 1. The first kappa shape index (κ1) is 14.3. The van der Waals surface area contributed by atoms with Gasteiger partial charge in [0.25, 0.3) is 0 Å². The average molecular weight is 263 g/mol. The third-order valence-electron chi connectivity index (χ3n) is 4.57. The first-order chi connectivity index (χ1) is 9.06. The summed E-state index contributed by atoms with van der Waals surface area (Å²) >= 11 is 0. The van der Waals surface area contributed by atoms with Gasteiger partial charge in [0.15, 0.2) is 0 Å². The molecule has 1 saturated carbocycles. The van der Waals surface area contributed by atoms with Crippen LogP contribution in [-0.2, 0) is 6.42 Å². The van der Waals surface area contributed by atoms with Crippen molar-refractivity contribution in [3.8, 4) is 0 Å². The zero-order chi connectivity index (χ0) is 13.9. The van der Waals surface area contributed by atoms with Gasteiger partial charge in [-0.05, 0) is 38.6 Å². The Kier molecular flexibility index (Phi) is 4.42. The Balaban J connectivity index is 2.16. The van der Waals surface area contributed by atoms with Gasteiger partial charge in [-0.1, -0.05) is 25.3 Å². The monoisotopic (exact) mass is 263 g/mol. The van der Waals surface area contributed by atoms with Crippen molar-refractivity contribution in [2.24, 2.45) is 0 Å². The molecule has 106 valence electrons. The van der Waals surface area contributed by atoms with Crippen molar-refractivity contribution in [1.29, 1.82) is 0 Å². The van der Waals surface area contributed by atoms with E-state index < -0.39 is 6.10 Å². The Hall–Kier alpha value is -1.13. The number of aliphatic hydroxyl groups excluding tert-OH is 1. The predicted molar refractivity (Wildman–Crippen MR) is 77.9 cm³/mol. The number of nitrogens with zero attached hydrogens (tertiary/aromatic N) is 2. The lowest BCUT2D eigenvalue weighted by molar-refractivity contribution is -0.0309. The Morgan fingerprint density at radius 3 is 2.63 bits per heavy atom. The second kappa shape index (κ2) is 5.88. The van der Waals surface area contributed by atoms with E-state index in [-0.39, 0.29) is 5.54 Å². The highest BCUT2D eigenvalue weighted by Crippen LogP contribution is 2.36. The third kappa shape index (κ3) is 2.90. The van der Waals surface area contributed by atoms with Gasteiger partial charge in [0.1, 0.15) is 5.82 Å². The minimum atomic E-state index is -0.394. The molecule has 0 spiro atoms. The largest absolute Gasteiger partial charge is 0.391 e. The second-order valence-corrected chi connectivity index (χ2v) is 5.83. The molecular formula is C15H25N3O. The topological polar surface area (TPSA) is 62.4 Å². The van der Waals surface area contributed by atoms with Crippen LogP contribution in [0.25, 0.3) is 0 Å². The molecule has 3 N–H and O–H groups in total. The standard InChI is InChI=1S/C15H25N3O/c1-18(2)15(8-4-3-5-9-15)13(19)11-12-7-6-10-17-14(12)16/h6-7,10,13,19H,3-5,8-9,11H2,1-2H3,(H2,16,17). The van der Waals surface area contributed by atoms with E-state index in [9.17, 15) is 5.11 Å². The Morgan fingerprint density at radius 2 is 2.05 bits per heavy atom. The molecule has 0 amide bonds. The Labute approximate surface area is 115 Å². The zero-order valence-corrected chi connectivity index (χ0v) is 12.0. The first-order valence-corrected chi connectivity index (χ1v) is 7.11. The number of pyridine rings is 1. The molecule has 1 fully saturated rings. The van der Waals surface area contributed by atoms with Crippen molar-refractivity contribution in [3.05, 3.63) is 23.9 Å². The van der Waals surface area contributed by atoms with E-state index in [0.29, 0.717) is 12.2 Å². The van der Waals surface area contributed by atoms with Crippen LogP contribution in [0.1, 0.15) is 37.7 Å². The number of aromatic nitrogens is 1. The van der Waals surface area contributed by atoms with E-state index in [1.54, 1.807) is 6.20 Å². The summed E-state index contributed by atoms with van der Waals surface area (Å²) in [5.41, 5.74) is 6.72. The number of nitrogen functional groups attached to an aromatic ring is 1. The number of anilines is 1. The van der Waals surface area contributed by atoms with Gasteiger partial charge < -0.3 is 15.7 Å². The SMILES string of the molecule is CN(C)C1(C(O)Cc2cccnc2N)CCCCC1. The van der Waals surface area contributed by atoms with Crippen LogP contribution in [0.2, 0.25) is 0 Å². The van der Waals surface area contributed by atoms with Crippen molar-refractivity contribution >= 4 is 5.82 Å². The molecule has 1 unspecified atom stereocenters. The lowest BCUT2D eigenvalue weighted by Crippen LogP contribution is -2.55.